The van der Waals surface area contributed by atoms with Crippen LogP contribution in [-0.2, 0) is 37.9 Å². The van der Waals surface area contributed by atoms with E-state index in [0.717, 1.165) is 0 Å². The Bertz CT molecular complexity index is 2960. The van der Waals surface area contributed by atoms with Crippen LogP contribution in [0.5, 0.6) is 0 Å². The minimum atomic E-state index is -0.0821. The van der Waals surface area contributed by atoms with Gasteiger partial charge in [0.25, 0.3) is 6.71 Å². The highest BCUT2D eigenvalue weighted by Crippen LogP contribution is 2.55. The van der Waals surface area contributed by atoms with Crippen molar-refractivity contribution in [3.8, 4) is 0 Å². The molecule has 3 heterocycles. The molecule has 6 aromatic rings. The number of hydrogen-bond donors (Lipinski definition) is 0. The zero-order valence-corrected chi connectivity index (χ0v) is 42.5. The number of nitrogens with zero attached hydrogens (tertiary/aromatic N) is 2. The lowest BCUT2D eigenvalue weighted by atomic mass is 9.35. The number of hydrogen-bond acceptors (Lipinski definition) is 3. The first-order valence-corrected chi connectivity index (χ1v) is 25.4. The van der Waals surface area contributed by atoms with Crippen molar-refractivity contribution < 1.29 is 0 Å². The molecule has 64 heavy (non-hydrogen) atoms. The molecule has 4 heteroatoms. The second-order valence-corrected chi connectivity index (χ2v) is 26.9. The number of anilines is 6. The molecule has 2 aliphatic heterocycles. The van der Waals surface area contributed by atoms with Crippen LogP contribution in [0.3, 0.4) is 0 Å². The summed E-state index contributed by atoms with van der Waals surface area (Å²) >= 11 is 2.03. The average Bonchev–Trinajstić information content (AvgIpc) is 3.61. The van der Waals surface area contributed by atoms with Crippen molar-refractivity contribution >= 4 is 78.0 Å². The predicted molar refractivity (Wildman–Crippen MR) is 280 cm³/mol. The van der Waals surface area contributed by atoms with Gasteiger partial charge in [-0.1, -0.05) is 140 Å². The summed E-state index contributed by atoms with van der Waals surface area (Å²) in [6, 6.07) is 35.0. The van der Waals surface area contributed by atoms with Crippen molar-refractivity contribution in [1.82, 2.24) is 0 Å². The normalized spacial score (nSPS) is 21.3. The average molecular weight is 863 g/mol. The standard InChI is InChI=1S/C60H71BN2S/c1-54(2,3)36-30-48-51-49(31-36)63(38-21-23-41-43(33-38)58(10,11)27-25-56(41,6)7)52-39-18-16-17-19-50(39)64-53(52)61(51)46-34-44-45(60(14,15)29-28-59(44,12)13)35-47(46)62(48)37-20-22-40-42(32-37)57(8,9)26-24-55(40,4)5/h16-23,30-35H,24-29H2,1-15H3. The zero-order chi connectivity index (χ0) is 45.5. The SMILES string of the molecule is CC(C)(C)c1cc2c3c(c1)N(c1ccc4c(c1)C(C)(C)CCC4(C)C)c1c(sc4ccccc14)B3c1cc3c(cc1N2c1ccc2c(c1)C(C)(C)CCC2(C)C)C(C)(C)CCC3(C)C. The van der Waals surface area contributed by atoms with E-state index in [1.165, 1.54) is 137 Å². The number of benzene rings is 5. The summed E-state index contributed by atoms with van der Waals surface area (Å²) < 4.78 is 2.84. The largest absolute Gasteiger partial charge is 0.311 e. The Kier molecular flexibility index (Phi) is 8.74. The van der Waals surface area contributed by atoms with E-state index in [0.29, 0.717) is 0 Å². The van der Waals surface area contributed by atoms with Crippen molar-refractivity contribution in [2.45, 2.75) is 180 Å². The van der Waals surface area contributed by atoms with Gasteiger partial charge in [0.2, 0.25) is 0 Å². The van der Waals surface area contributed by atoms with Gasteiger partial charge in [-0.3, -0.25) is 0 Å². The molecule has 0 unspecified atom stereocenters. The fourth-order valence-corrected chi connectivity index (χ4v) is 14.2. The molecular formula is C60H71BN2S. The van der Waals surface area contributed by atoms with Crippen LogP contribution < -0.4 is 25.5 Å². The first-order valence-electron chi connectivity index (χ1n) is 24.6. The van der Waals surface area contributed by atoms with Gasteiger partial charge in [-0.15, -0.1) is 11.3 Å². The summed E-state index contributed by atoms with van der Waals surface area (Å²) in [6.07, 6.45) is 7.19. The lowest BCUT2D eigenvalue weighted by Gasteiger charge is -2.48. The van der Waals surface area contributed by atoms with E-state index in [9.17, 15) is 0 Å². The quantitative estimate of drug-likeness (QED) is 0.160. The Balaban J connectivity index is 1.28. The Morgan fingerprint density at radius 2 is 0.906 bits per heavy atom. The molecule has 5 aliphatic rings. The smallest absolute Gasteiger partial charge is 0.264 e. The van der Waals surface area contributed by atoms with E-state index in [2.05, 4.69) is 199 Å². The second-order valence-electron chi connectivity index (χ2n) is 25.8. The third-order valence-corrected chi connectivity index (χ3v) is 18.8. The van der Waals surface area contributed by atoms with Gasteiger partial charge in [-0.05, 0) is 175 Å². The van der Waals surface area contributed by atoms with Gasteiger partial charge in [0.1, 0.15) is 0 Å². The topological polar surface area (TPSA) is 6.48 Å². The van der Waals surface area contributed by atoms with E-state index in [1.54, 1.807) is 0 Å². The van der Waals surface area contributed by atoms with Gasteiger partial charge in [-0.2, -0.15) is 0 Å². The molecule has 3 aliphatic carbocycles. The van der Waals surface area contributed by atoms with Crippen LogP contribution in [0.15, 0.2) is 84.9 Å². The van der Waals surface area contributed by atoms with E-state index in [-0.39, 0.29) is 44.6 Å². The monoisotopic (exact) mass is 863 g/mol. The molecule has 0 spiro atoms. The third kappa shape index (κ3) is 6.02. The van der Waals surface area contributed by atoms with Crippen LogP contribution in [0.4, 0.5) is 34.1 Å². The highest BCUT2D eigenvalue weighted by atomic mass is 32.1. The molecule has 11 rings (SSSR count). The molecule has 0 atom stereocenters. The Hall–Kier alpha value is -4.28. The van der Waals surface area contributed by atoms with Gasteiger partial charge >= 0.3 is 0 Å². The summed E-state index contributed by atoms with van der Waals surface area (Å²) in [5.74, 6) is 0. The molecule has 0 fully saturated rings. The Labute approximate surface area is 390 Å². The highest BCUT2D eigenvalue weighted by molar-refractivity contribution is 7.33. The molecule has 5 aromatic carbocycles. The zero-order valence-electron chi connectivity index (χ0n) is 41.7. The maximum atomic E-state index is 2.74. The molecule has 2 nitrogen and oxygen atoms in total. The first-order chi connectivity index (χ1) is 29.8. The van der Waals surface area contributed by atoms with Crippen LogP contribution in [0.1, 0.15) is 181 Å². The molecule has 330 valence electrons. The molecule has 0 bridgehead atoms. The molecule has 1 aromatic heterocycles. The molecule has 0 radical (unpaired) electrons. The van der Waals surface area contributed by atoms with Crippen LogP contribution in [0.25, 0.3) is 10.1 Å². The molecule has 0 saturated carbocycles. The van der Waals surface area contributed by atoms with E-state index in [1.807, 2.05) is 11.3 Å². The Morgan fingerprint density at radius 3 is 1.42 bits per heavy atom. The lowest BCUT2D eigenvalue weighted by molar-refractivity contribution is 0.332. The van der Waals surface area contributed by atoms with Gasteiger partial charge in [0, 0.05) is 43.3 Å². The van der Waals surface area contributed by atoms with E-state index in [4.69, 9.17) is 0 Å². The predicted octanol–water partition coefficient (Wildman–Crippen LogP) is 15.3. The summed E-state index contributed by atoms with van der Waals surface area (Å²) in [7, 11) is 0. The first kappa shape index (κ1) is 42.4. The maximum absolute atomic E-state index is 2.74. The fraction of sp³-hybridized carbons (Fsp3) is 0.467. The van der Waals surface area contributed by atoms with Crippen molar-refractivity contribution in [2.24, 2.45) is 0 Å². The maximum Gasteiger partial charge on any atom is 0.264 e. The molecule has 0 saturated heterocycles. The molecule has 0 amide bonds. The van der Waals surface area contributed by atoms with Crippen LogP contribution >= 0.6 is 11.3 Å². The number of fused-ring (bicyclic) bond motifs is 9. The second kappa shape index (κ2) is 13.2. The van der Waals surface area contributed by atoms with Gasteiger partial charge < -0.3 is 9.80 Å². The fourth-order valence-electron chi connectivity index (χ4n) is 12.9. The number of rotatable bonds is 2. The third-order valence-electron chi connectivity index (χ3n) is 17.6. The summed E-state index contributed by atoms with van der Waals surface area (Å²) in [6.45, 7) is 37.1. The van der Waals surface area contributed by atoms with Gasteiger partial charge in [0.15, 0.2) is 0 Å². The minimum absolute atomic E-state index is 0.0764. The van der Waals surface area contributed by atoms with Gasteiger partial charge in [-0.25, -0.2) is 0 Å². The molecule has 0 N–H and O–H groups in total. The summed E-state index contributed by atoms with van der Waals surface area (Å²) in [4.78, 5) is 5.47. The van der Waals surface area contributed by atoms with Gasteiger partial charge in [0.05, 0.1) is 5.69 Å². The van der Waals surface area contributed by atoms with E-state index < -0.39 is 0 Å². The highest BCUT2D eigenvalue weighted by Gasteiger charge is 2.49. The van der Waals surface area contributed by atoms with Crippen molar-refractivity contribution in [3.63, 3.8) is 0 Å². The van der Waals surface area contributed by atoms with E-state index >= 15 is 0 Å². The van der Waals surface area contributed by atoms with Crippen molar-refractivity contribution in [2.75, 3.05) is 9.80 Å². The lowest BCUT2D eigenvalue weighted by Crippen LogP contribution is -2.61. The van der Waals surface area contributed by atoms with Crippen LogP contribution in [0, 0.1) is 0 Å². The summed E-state index contributed by atoms with van der Waals surface area (Å²) in [5, 5.41) is 1.36. The van der Waals surface area contributed by atoms with Crippen molar-refractivity contribution in [3.05, 3.63) is 124 Å². The minimum Gasteiger partial charge on any atom is -0.311 e. The molecular weight excluding hydrogens is 792 g/mol. The number of thiophene rings is 1. The Morgan fingerprint density at radius 1 is 0.469 bits per heavy atom. The van der Waals surface area contributed by atoms with Crippen LogP contribution in [0.2, 0.25) is 0 Å². The summed E-state index contributed by atoms with van der Waals surface area (Å²) in [5.41, 5.74) is 21.9. The van der Waals surface area contributed by atoms with Crippen LogP contribution in [-0.4, -0.2) is 6.71 Å². The van der Waals surface area contributed by atoms with Crippen molar-refractivity contribution in [1.29, 1.82) is 0 Å².